The van der Waals surface area contributed by atoms with Gasteiger partial charge in [-0.1, -0.05) is 17.7 Å². The van der Waals surface area contributed by atoms with Gasteiger partial charge in [0.05, 0.1) is 0 Å². The third-order valence-corrected chi connectivity index (χ3v) is 2.63. The van der Waals surface area contributed by atoms with Crippen LogP contribution in [-0.4, -0.2) is 5.91 Å². The fraction of sp³-hybridized carbons (Fsp3) is 0. The monoisotopic (exact) mass is 261 g/mol. The van der Waals surface area contributed by atoms with Crippen LogP contribution in [0.15, 0.2) is 48.5 Å². The Labute approximate surface area is 110 Å². The van der Waals surface area contributed by atoms with Crippen LogP contribution >= 0.6 is 11.6 Å². The van der Waals surface area contributed by atoms with Gasteiger partial charge in [-0.2, -0.15) is 0 Å². The smallest absolute Gasteiger partial charge is 0.255 e. The molecule has 0 atom stereocenters. The first-order valence-electron chi connectivity index (χ1n) is 5.32. The van der Waals surface area contributed by atoms with Crippen molar-refractivity contribution in [3.8, 4) is 0 Å². The van der Waals surface area contributed by atoms with Crippen molar-refractivity contribution in [2.75, 3.05) is 10.7 Å². The number of nitrogen functional groups attached to an aromatic ring is 1. The molecule has 1 amide bonds. The molecule has 2 aromatic carbocycles. The lowest BCUT2D eigenvalue weighted by molar-refractivity contribution is 0.102. The van der Waals surface area contributed by atoms with Gasteiger partial charge in [-0.15, -0.1) is 0 Å². The van der Waals surface area contributed by atoms with Gasteiger partial charge in [0.15, 0.2) is 0 Å². The number of rotatable bonds is 3. The van der Waals surface area contributed by atoms with Crippen LogP contribution in [-0.2, 0) is 0 Å². The van der Waals surface area contributed by atoms with E-state index in [2.05, 4.69) is 10.7 Å². The van der Waals surface area contributed by atoms with Gasteiger partial charge in [0.2, 0.25) is 0 Å². The molecule has 0 radical (unpaired) electrons. The third kappa shape index (κ3) is 3.00. The molecular weight excluding hydrogens is 250 g/mol. The minimum absolute atomic E-state index is 0.194. The zero-order chi connectivity index (χ0) is 13.0. The Hall–Kier alpha value is -2.04. The molecule has 0 aliphatic heterocycles. The van der Waals surface area contributed by atoms with E-state index in [1.165, 1.54) is 0 Å². The van der Waals surface area contributed by atoms with E-state index in [1.54, 1.807) is 48.5 Å². The van der Waals surface area contributed by atoms with Crippen LogP contribution in [0.25, 0.3) is 0 Å². The summed E-state index contributed by atoms with van der Waals surface area (Å²) in [4.78, 5) is 11.9. The predicted molar refractivity (Wildman–Crippen MR) is 73.7 cm³/mol. The van der Waals surface area contributed by atoms with Gasteiger partial charge in [-0.3, -0.25) is 10.6 Å². The van der Waals surface area contributed by atoms with Crippen molar-refractivity contribution < 1.29 is 4.79 Å². The van der Waals surface area contributed by atoms with Crippen molar-refractivity contribution in [1.82, 2.24) is 0 Å². The van der Waals surface area contributed by atoms with Gasteiger partial charge in [0.1, 0.15) is 0 Å². The van der Waals surface area contributed by atoms with E-state index in [9.17, 15) is 4.79 Å². The summed E-state index contributed by atoms with van der Waals surface area (Å²) in [6.45, 7) is 0. The van der Waals surface area contributed by atoms with Gasteiger partial charge in [-0.05, 0) is 42.5 Å². The maximum Gasteiger partial charge on any atom is 0.255 e. The lowest BCUT2D eigenvalue weighted by Gasteiger charge is -2.06. The first-order valence-corrected chi connectivity index (χ1v) is 5.70. The molecule has 0 heterocycles. The van der Waals surface area contributed by atoms with Crippen molar-refractivity contribution in [2.24, 2.45) is 5.84 Å². The molecule has 0 unspecified atom stereocenters. The molecule has 0 bridgehead atoms. The van der Waals surface area contributed by atoms with E-state index in [-0.39, 0.29) is 5.91 Å². The van der Waals surface area contributed by atoms with Crippen molar-refractivity contribution >= 4 is 28.9 Å². The number of hydrogen-bond donors (Lipinski definition) is 3. The average molecular weight is 262 g/mol. The van der Waals surface area contributed by atoms with Gasteiger partial charge < -0.3 is 10.7 Å². The Morgan fingerprint density at radius 2 is 1.78 bits per heavy atom. The van der Waals surface area contributed by atoms with Crippen molar-refractivity contribution in [1.29, 1.82) is 0 Å². The fourth-order valence-electron chi connectivity index (χ4n) is 1.49. The molecule has 0 aliphatic carbocycles. The van der Waals surface area contributed by atoms with Gasteiger partial charge in [0, 0.05) is 22.0 Å². The zero-order valence-electron chi connectivity index (χ0n) is 9.48. The van der Waals surface area contributed by atoms with E-state index < -0.39 is 0 Å². The molecule has 4 N–H and O–H groups in total. The summed E-state index contributed by atoms with van der Waals surface area (Å²) in [6.07, 6.45) is 0. The molecule has 18 heavy (non-hydrogen) atoms. The Balaban J connectivity index is 2.11. The van der Waals surface area contributed by atoms with Gasteiger partial charge >= 0.3 is 0 Å². The normalized spacial score (nSPS) is 9.89. The van der Waals surface area contributed by atoms with Gasteiger partial charge in [-0.25, -0.2) is 0 Å². The van der Waals surface area contributed by atoms with E-state index in [4.69, 9.17) is 17.4 Å². The standard InChI is InChI=1S/C13H12ClN3O/c14-10-2-1-3-12(8-10)16-13(18)9-4-6-11(17-15)7-5-9/h1-8,17H,15H2,(H,16,18). The number of carbonyl (C=O) groups is 1. The number of nitrogens with two attached hydrogens (primary N) is 1. The molecule has 0 aromatic heterocycles. The summed E-state index contributed by atoms with van der Waals surface area (Å²) in [5.74, 6) is 5.06. The maximum atomic E-state index is 11.9. The first-order chi connectivity index (χ1) is 8.69. The molecule has 0 fully saturated rings. The number of anilines is 2. The van der Waals surface area contributed by atoms with E-state index in [1.807, 2.05) is 0 Å². The molecule has 2 aromatic rings. The summed E-state index contributed by atoms with van der Waals surface area (Å²) in [5, 5.41) is 3.34. The van der Waals surface area contributed by atoms with Crippen LogP contribution in [0.1, 0.15) is 10.4 Å². The Morgan fingerprint density at radius 1 is 1.06 bits per heavy atom. The fourth-order valence-corrected chi connectivity index (χ4v) is 1.68. The summed E-state index contributed by atoms with van der Waals surface area (Å²) >= 11 is 5.84. The molecule has 0 saturated carbocycles. The van der Waals surface area contributed by atoms with Crippen molar-refractivity contribution in [2.45, 2.75) is 0 Å². The quantitative estimate of drug-likeness (QED) is 0.588. The number of nitrogens with one attached hydrogen (secondary N) is 2. The number of carbonyl (C=O) groups excluding carboxylic acids is 1. The second-order valence-corrected chi connectivity index (χ2v) is 4.12. The largest absolute Gasteiger partial charge is 0.324 e. The lowest BCUT2D eigenvalue weighted by atomic mass is 10.2. The molecule has 0 aliphatic rings. The van der Waals surface area contributed by atoms with E-state index in [0.29, 0.717) is 16.3 Å². The zero-order valence-corrected chi connectivity index (χ0v) is 10.2. The number of amides is 1. The molecule has 4 nitrogen and oxygen atoms in total. The Bertz CT molecular complexity index is 554. The number of halogens is 1. The second-order valence-electron chi connectivity index (χ2n) is 3.69. The SMILES string of the molecule is NNc1ccc(C(=O)Nc2cccc(Cl)c2)cc1. The lowest BCUT2D eigenvalue weighted by Crippen LogP contribution is -2.12. The Kier molecular flexibility index (Phi) is 3.82. The summed E-state index contributed by atoms with van der Waals surface area (Å²) < 4.78 is 0. The minimum atomic E-state index is -0.194. The molecule has 2 rings (SSSR count). The van der Waals surface area contributed by atoms with Crippen LogP contribution in [0.5, 0.6) is 0 Å². The van der Waals surface area contributed by atoms with E-state index in [0.717, 1.165) is 5.69 Å². The minimum Gasteiger partial charge on any atom is -0.324 e. The second kappa shape index (κ2) is 5.53. The van der Waals surface area contributed by atoms with Crippen LogP contribution < -0.4 is 16.6 Å². The van der Waals surface area contributed by atoms with E-state index >= 15 is 0 Å². The number of hydrogen-bond acceptors (Lipinski definition) is 3. The summed E-state index contributed by atoms with van der Waals surface area (Å²) in [6, 6.07) is 13.8. The van der Waals surface area contributed by atoms with Crippen LogP contribution in [0.2, 0.25) is 5.02 Å². The molecule has 92 valence electrons. The summed E-state index contributed by atoms with van der Waals surface area (Å²) in [5.41, 5.74) is 4.46. The third-order valence-electron chi connectivity index (χ3n) is 2.40. The van der Waals surface area contributed by atoms with Crippen LogP contribution in [0.4, 0.5) is 11.4 Å². The van der Waals surface area contributed by atoms with Crippen molar-refractivity contribution in [3.05, 3.63) is 59.1 Å². The molecular formula is C13H12ClN3O. The number of hydrazine groups is 1. The highest BCUT2D eigenvalue weighted by Gasteiger charge is 2.05. The summed E-state index contributed by atoms with van der Waals surface area (Å²) in [7, 11) is 0. The number of benzene rings is 2. The topological polar surface area (TPSA) is 67.1 Å². The van der Waals surface area contributed by atoms with Gasteiger partial charge in [0.25, 0.3) is 5.91 Å². The van der Waals surface area contributed by atoms with Crippen LogP contribution in [0.3, 0.4) is 0 Å². The van der Waals surface area contributed by atoms with Crippen LogP contribution in [0, 0.1) is 0 Å². The maximum absolute atomic E-state index is 11.9. The highest BCUT2D eigenvalue weighted by Crippen LogP contribution is 2.16. The molecule has 5 heteroatoms. The average Bonchev–Trinajstić information content (AvgIpc) is 2.39. The predicted octanol–water partition coefficient (Wildman–Crippen LogP) is 2.88. The highest BCUT2D eigenvalue weighted by molar-refractivity contribution is 6.30. The first kappa shape index (κ1) is 12.4. The molecule has 0 spiro atoms. The highest BCUT2D eigenvalue weighted by atomic mass is 35.5. The van der Waals surface area contributed by atoms with Crippen molar-refractivity contribution in [3.63, 3.8) is 0 Å². The molecule has 0 saturated heterocycles. The Morgan fingerprint density at radius 3 is 2.39 bits per heavy atom.